The van der Waals surface area contributed by atoms with Crippen LogP contribution in [0.15, 0.2) is 42.5 Å². The number of nitrogens with two attached hydrogens (primary N) is 1. The van der Waals surface area contributed by atoms with Crippen molar-refractivity contribution in [1.29, 1.82) is 0 Å². The molecule has 0 bridgehead atoms. The highest BCUT2D eigenvalue weighted by Gasteiger charge is 2.29. The Bertz CT molecular complexity index is 550. The van der Waals surface area contributed by atoms with Gasteiger partial charge in [0.05, 0.1) is 17.8 Å². The minimum Gasteiger partial charge on any atom is -0.384 e. The highest BCUT2D eigenvalue weighted by Crippen LogP contribution is 2.29. The predicted molar refractivity (Wildman–Crippen MR) is 67.4 cm³/mol. The Kier molecular flexibility index (Phi) is 3.59. The summed E-state index contributed by atoms with van der Waals surface area (Å²) in [5.41, 5.74) is 6.18. The topological polar surface area (TPSA) is 50.9 Å². The van der Waals surface area contributed by atoms with Crippen molar-refractivity contribution in [3.05, 3.63) is 53.7 Å². The number of hydrogen-bond acceptors (Lipinski definition) is 3. The monoisotopic (exact) mass is 267 g/mol. The van der Waals surface area contributed by atoms with Crippen molar-refractivity contribution < 1.29 is 13.2 Å². The van der Waals surface area contributed by atoms with E-state index in [0.717, 1.165) is 17.8 Å². The van der Waals surface area contributed by atoms with E-state index in [1.807, 2.05) is 0 Å². The summed E-state index contributed by atoms with van der Waals surface area (Å²) in [5, 5.41) is 2.98. The molecule has 0 aliphatic heterocycles. The van der Waals surface area contributed by atoms with E-state index in [2.05, 4.69) is 10.3 Å². The average Bonchev–Trinajstić information content (AvgIpc) is 2.36. The van der Waals surface area contributed by atoms with E-state index in [4.69, 9.17) is 5.73 Å². The van der Waals surface area contributed by atoms with Crippen molar-refractivity contribution in [3.63, 3.8) is 0 Å². The quantitative estimate of drug-likeness (QED) is 0.897. The molecule has 1 aromatic carbocycles. The number of alkyl halides is 3. The lowest BCUT2D eigenvalue weighted by Gasteiger charge is -2.09. The van der Waals surface area contributed by atoms with Gasteiger partial charge in [0.15, 0.2) is 0 Å². The fourth-order valence-electron chi connectivity index (χ4n) is 1.57. The highest BCUT2D eigenvalue weighted by atomic mass is 19.4. The third kappa shape index (κ3) is 3.61. The Morgan fingerprint density at radius 2 is 1.74 bits per heavy atom. The maximum absolute atomic E-state index is 12.4. The van der Waals surface area contributed by atoms with Gasteiger partial charge in [-0.15, -0.1) is 0 Å². The fraction of sp³-hybridized carbons (Fsp3) is 0.154. The maximum Gasteiger partial charge on any atom is 0.416 e. The third-order valence-electron chi connectivity index (χ3n) is 2.51. The Balaban J connectivity index is 2.01. The van der Waals surface area contributed by atoms with Gasteiger partial charge in [0, 0.05) is 5.69 Å². The van der Waals surface area contributed by atoms with Crippen LogP contribution in [0.3, 0.4) is 0 Å². The molecule has 0 unspecified atom stereocenters. The largest absolute Gasteiger partial charge is 0.416 e. The van der Waals surface area contributed by atoms with E-state index in [0.29, 0.717) is 18.1 Å². The number of anilines is 2. The van der Waals surface area contributed by atoms with E-state index in [-0.39, 0.29) is 0 Å². The van der Waals surface area contributed by atoms with Crippen LogP contribution in [-0.4, -0.2) is 4.98 Å². The summed E-state index contributed by atoms with van der Waals surface area (Å²) in [6, 6.07) is 10.1. The molecule has 0 aliphatic carbocycles. The molecule has 0 fully saturated rings. The van der Waals surface area contributed by atoms with Gasteiger partial charge < -0.3 is 11.1 Å². The zero-order valence-electron chi connectivity index (χ0n) is 9.91. The number of halogens is 3. The number of aromatic nitrogens is 1. The second-order valence-corrected chi connectivity index (χ2v) is 3.98. The Morgan fingerprint density at radius 3 is 2.32 bits per heavy atom. The van der Waals surface area contributed by atoms with Crippen LogP contribution in [0.1, 0.15) is 11.3 Å². The van der Waals surface area contributed by atoms with Crippen LogP contribution in [0, 0.1) is 0 Å². The summed E-state index contributed by atoms with van der Waals surface area (Å²) in [4.78, 5) is 4.08. The lowest BCUT2D eigenvalue weighted by Crippen LogP contribution is -2.06. The molecular formula is C13H12F3N3. The first-order valence-electron chi connectivity index (χ1n) is 5.58. The smallest absolute Gasteiger partial charge is 0.384 e. The summed E-state index contributed by atoms with van der Waals surface area (Å²) >= 11 is 0. The molecule has 0 radical (unpaired) electrons. The number of rotatable bonds is 3. The van der Waals surface area contributed by atoms with Gasteiger partial charge in [0.25, 0.3) is 0 Å². The molecule has 6 heteroatoms. The molecule has 0 saturated heterocycles. The van der Waals surface area contributed by atoms with Crippen molar-refractivity contribution in [2.24, 2.45) is 0 Å². The van der Waals surface area contributed by atoms with E-state index in [9.17, 15) is 13.2 Å². The van der Waals surface area contributed by atoms with Crippen molar-refractivity contribution in [1.82, 2.24) is 4.98 Å². The van der Waals surface area contributed by atoms with E-state index < -0.39 is 11.7 Å². The van der Waals surface area contributed by atoms with Crippen molar-refractivity contribution in [2.45, 2.75) is 12.7 Å². The van der Waals surface area contributed by atoms with Crippen LogP contribution in [0.2, 0.25) is 0 Å². The lowest BCUT2D eigenvalue weighted by atomic mass is 10.2. The second kappa shape index (κ2) is 5.17. The SMILES string of the molecule is Nc1cccc(CNc2ccc(C(F)(F)F)cc2)n1. The standard InChI is InChI=1S/C13H12F3N3/c14-13(15,16)9-4-6-10(7-5-9)18-8-11-2-1-3-12(17)19-11/h1-7,18H,8H2,(H2,17,19). The number of nitrogens with zero attached hydrogens (tertiary/aromatic N) is 1. The Morgan fingerprint density at radius 1 is 1.05 bits per heavy atom. The molecule has 0 atom stereocenters. The lowest BCUT2D eigenvalue weighted by molar-refractivity contribution is -0.137. The van der Waals surface area contributed by atoms with Crippen LogP contribution < -0.4 is 11.1 Å². The second-order valence-electron chi connectivity index (χ2n) is 3.98. The molecule has 3 nitrogen and oxygen atoms in total. The zero-order valence-corrected chi connectivity index (χ0v) is 9.91. The molecule has 1 aromatic heterocycles. The number of hydrogen-bond donors (Lipinski definition) is 2. The minimum absolute atomic E-state index is 0.399. The first-order valence-corrected chi connectivity index (χ1v) is 5.58. The summed E-state index contributed by atoms with van der Waals surface area (Å²) < 4.78 is 37.1. The van der Waals surface area contributed by atoms with Gasteiger partial charge in [-0.3, -0.25) is 0 Å². The van der Waals surface area contributed by atoms with E-state index in [1.54, 1.807) is 18.2 Å². The molecule has 2 aromatic rings. The van der Waals surface area contributed by atoms with E-state index in [1.165, 1.54) is 12.1 Å². The van der Waals surface area contributed by atoms with Crippen LogP contribution in [0.4, 0.5) is 24.7 Å². The molecule has 19 heavy (non-hydrogen) atoms. The highest BCUT2D eigenvalue weighted by molar-refractivity contribution is 5.45. The number of pyridine rings is 1. The number of benzene rings is 1. The van der Waals surface area contributed by atoms with Crippen LogP contribution >= 0.6 is 0 Å². The van der Waals surface area contributed by atoms with E-state index >= 15 is 0 Å². The summed E-state index contributed by atoms with van der Waals surface area (Å²) in [6.45, 7) is 0.399. The molecular weight excluding hydrogens is 255 g/mol. The summed E-state index contributed by atoms with van der Waals surface area (Å²) in [7, 11) is 0. The van der Waals surface area contributed by atoms with Crippen molar-refractivity contribution in [2.75, 3.05) is 11.1 Å². The van der Waals surface area contributed by atoms with Crippen LogP contribution in [0.5, 0.6) is 0 Å². The normalized spacial score (nSPS) is 11.3. The minimum atomic E-state index is -4.31. The average molecular weight is 267 g/mol. The van der Waals surface area contributed by atoms with Gasteiger partial charge in [-0.1, -0.05) is 6.07 Å². The first-order chi connectivity index (χ1) is 8.95. The van der Waals surface area contributed by atoms with Crippen LogP contribution in [-0.2, 0) is 12.7 Å². The fourth-order valence-corrected chi connectivity index (χ4v) is 1.57. The van der Waals surface area contributed by atoms with Gasteiger partial charge in [0.1, 0.15) is 5.82 Å². The Labute approximate surface area is 108 Å². The van der Waals surface area contributed by atoms with Crippen molar-refractivity contribution in [3.8, 4) is 0 Å². The molecule has 100 valence electrons. The maximum atomic E-state index is 12.4. The molecule has 0 amide bonds. The van der Waals surface area contributed by atoms with Crippen molar-refractivity contribution >= 4 is 11.5 Å². The summed E-state index contributed by atoms with van der Waals surface area (Å²) in [6.07, 6.45) is -4.31. The molecule has 0 spiro atoms. The van der Waals surface area contributed by atoms with Gasteiger partial charge >= 0.3 is 6.18 Å². The molecule has 0 saturated carbocycles. The molecule has 1 heterocycles. The Hall–Kier alpha value is -2.24. The number of nitrogens with one attached hydrogen (secondary N) is 1. The van der Waals surface area contributed by atoms with Gasteiger partial charge in [0.2, 0.25) is 0 Å². The zero-order chi connectivity index (χ0) is 13.9. The van der Waals surface area contributed by atoms with Gasteiger partial charge in [-0.2, -0.15) is 13.2 Å². The molecule has 0 aliphatic rings. The van der Waals surface area contributed by atoms with Gasteiger partial charge in [-0.05, 0) is 36.4 Å². The van der Waals surface area contributed by atoms with Gasteiger partial charge in [-0.25, -0.2) is 4.98 Å². The third-order valence-corrected chi connectivity index (χ3v) is 2.51. The molecule has 3 N–H and O–H groups in total. The predicted octanol–water partition coefficient (Wildman–Crippen LogP) is 3.29. The first kappa shape index (κ1) is 13.2. The van der Waals surface area contributed by atoms with Crippen LogP contribution in [0.25, 0.3) is 0 Å². The molecule has 2 rings (SSSR count). The summed E-state index contributed by atoms with van der Waals surface area (Å²) in [5.74, 6) is 0.409. The number of nitrogen functional groups attached to an aromatic ring is 1.